The first kappa shape index (κ1) is 16.2. The predicted octanol–water partition coefficient (Wildman–Crippen LogP) is 0.256. The molecular formula is C15H27N3O3. The number of morpholine rings is 1. The summed E-state index contributed by atoms with van der Waals surface area (Å²) in [5.41, 5.74) is 6.11. The lowest BCUT2D eigenvalue weighted by molar-refractivity contribution is -0.153. The molecular weight excluding hydrogens is 270 g/mol. The van der Waals surface area contributed by atoms with E-state index >= 15 is 0 Å². The number of hydrogen-bond donors (Lipinski definition) is 2. The lowest BCUT2D eigenvalue weighted by Gasteiger charge is -2.39. The van der Waals surface area contributed by atoms with Gasteiger partial charge in [-0.15, -0.1) is 0 Å². The van der Waals surface area contributed by atoms with Gasteiger partial charge in [0.2, 0.25) is 11.8 Å². The van der Waals surface area contributed by atoms with Crippen LogP contribution in [0.4, 0.5) is 0 Å². The summed E-state index contributed by atoms with van der Waals surface area (Å²) < 4.78 is 5.39. The number of nitrogens with two attached hydrogens (primary N) is 1. The number of nitrogens with one attached hydrogen (secondary N) is 1. The van der Waals surface area contributed by atoms with Crippen molar-refractivity contribution in [3.63, 3.8) is 0 Å². The quantitative estimate of drug-likeness (QED) is 0.782. The molecule has 6 nitrogen and oxygen atoms in total. The Bertz CT molecular complexity index is 386. The zero-order chi connectivity index (χ0) is 15.4. The largest absolute Gasteiger partial charge is 0.377 e. The first-order valence-electron chi connectivity index (χ1n) is 7.95. The zero-order valence-corrected chi connectivity index (χ0v) is 13.0. The van der Waals surface area contributed by atoms with Gasteiger partial charge in [-0.1, -0.05) is 12.8 Å². The molecule has 1 aliphatic heterocycles. The molecule has 0 aromatic carbocycles. The molecule has 2 aliphatic rings. The first-order valence-corrected chi connectivity index (χ1v) is 7.95. The number of nitrogens with zero attached hydrogens (tertiary/aromatic N) is 1. The van der Waals surface area contributed by atoms with Crippen LogP contribution in [0.25, 0.3) is 0 Å². The summed E-state index contributed by atoms with van der Waals surface area (Å²) in [6.07, 6.45) is 3.85. The van der Waals surface area contributed by atoms with E-state index in [1.807, 2.05) is 13.8 Å². The van der Waals surface area contributed by atoms with E-state index in [2.05, 4.69) is 5.32 Å². The monoisotopic (exact) mass is 297 g/mol. The van der Waals surface area contributed by atoms with Crippen LogP contribution >= 0.6 is 0 Å². The van der Waals surface area contributed by atoms with Gasteiger partial charge in [0, 0.05) is 18.6 Å². The molecule has 1 heterocycles. The Kier molecular flexibility index (Phi) is 5.58. The third-order valence-electron chi connectivity index (χ3n) is 4.28. The van der Waals surface area contributed by atoms with Gasteiger partial charge in [0.15, 0.2) is 0 Å². The van der Waals surface area contributed by atoms with Gasteiger partial charge < -0.3 is 20.7 Å². The topological polar surface area (TPSA) is 84.7 Å². The molecule has 2 fully saturated rings. The number of amides is 2. The SMILES string of the molecule is CC(C)NC(=O)C1COCCN1C(=O)C1CCCCC1N. The number of carbonyl (C=O) groups excluding carboxylic acids is 2. The summed E-state index contributed by atoms with van der Waals surface area (Å²) in [6.45, 7) is 5.04. The molecule has 0 radical (unpaired) electrons. The fraction of sp³-hybridized carbons (Fsp3) is 0.867. The first-order chi connectivity index (χ1) is 10.0. The molecule has 2 rings (SSSR count). The molecule has 0 aromatic heterocycles. The van der Waals surface area contributed by atoms with E-state index in [-0.39, 0.29) is 36.4 Å². The maximum absolute atomic E-state index is 12.8. The molecule has 0 aromatic rings. The van der Waals surface area contributed by atoms with Gasteiger partial charge in [-0.3, -0.25) is 9.59 Å². The number of hydrogen-bond acceptors (Lipinski definition) is 4. The molecule has 2 amide bonds. The Morgan fingerprint density at radius 1 is 1.29 bits per heavy atom. The Labute approximate surface area is 126 Å². The molecule has 3 N–H and O–H groups in total. The molecule has 1 aliphatic carbocycles. The normalized spacial score (nSPS) is 30.3. The van der Waals surface area contributed by atoms with Gasteiger partial charge in [-0.05, 0) is 26.7 Å². The van der Waals surface area contributed by atoms with Crippen LogP contribution in [0.2, 0.25) is 0 Å². The van der Waals surface area contributed by atoms with Crippen molar-refractivity contribution in [3.8, 4) is 0 Å². The highest BCUT2D eigenvalue weighted by Crippen LogP contribution is 2.26. The van der Waals surface area contributed by atoms with Crippen LogP contribution < -0.4 is 11.1 Å². The minimum Gasteiger partial charge on any atom is -0.377 e. The molecule has 1 saturated carbocycles. The van der Waals surface area contributed by atoms with E-state index in [4.69, 9.17) is 10.5 Å². The molecule has 3 atom stereocenters. The van der Waals surface area contributed by atoms with Crippen LogP contribution in [0, 0.1) is 5.92 Å². The average Bonchev–Trinajstić information content (AvgIpc) is 2.46. The van der Waals surface area contributed by atoms with Crippen LogP contribution in [0.5, 0.6) is 0 Å². The summed E-state index contributed by atoms with van der Waals surface area (Å²) in [4.78, 5) is 26.7. The second kappa shape index (κ2) is 7.22. The van der Waals surface area contributed by atoms with E-state index in [1.165, 1.54) is 0 Å². The molecule has 6 heteroatoms. The second-order valence-electron chi connectivity index (χ2n) is 6.34. The van der Waals surface area contributed by atoms with Gasteiger partial charge >= 0.3 is 0 Å². The highest BCUT2D eigenvalue weighted by atomic mass is 16.5. The van der Waals surface area contributed by atoms with E-state index < -0.39 is 6.04 Å². The average molecular weight is 297 g/mol. The van der Waals surface area contributed by atoms with Gasteiger partial charge in [0.25, 0.3) is 0 Å². The lowest BCUT2D eigenvalue weighted by atomic mass is 9.84. The van der Waals surface area contributed by atoms with Crippen LogP contribution in [-0.2, 0) is 14.3 Å². The van der Waals surface area contributed by atoms with Crippen molar-refractivity contribution in [2.75, 3.05) is 19.8 Å². The van der Waals surface area contributed by atoms with Crippen molar-refractivity contribution < 1.29 is 14.3 Å². The van der Waals surface area contributed by atoms with Gasteiger partial charge in [0.1, 0.15) is 6.04 Å². The van der Waals surface area contributed by atoms with Crippen molar-refractivity contribution in [1.29, 1.82) is 0 Å². The fourth-order valence-corrected chi connectivity index (χ4v) is 3.14. The van der Waals surface area contributed by atoms with Crippen molar-refractivity contribution >= 4 is 11.8 Å². The Morgan fingerprint density at radius 3 is 2.67 bits per heavy atom. The standard InChI is InChI=1S/C15H27N3O3/c1-10(2)17-14(19)13-9-21-8-7-18(13)15(20)11-5-3-4-6-12(11)16/h10-13H,3-9,16H2,1-2H3,(H,17,19). The summed E-state index contributed by atoms with van der Waals surface area (Å²) in [6, 6.07) is -0.556. The Balaban J connectivity index is 2.06. The summed E-state index contributed by atoms with van der Waals surface area (Å²) in [7, 11) is 0. The number of carbonyl (C=O) groups is 2. The molecule has 0 bridgehead atoms. The Morgan fingerprint density at radius 2 is 2.00 bits per heavy atom. The van der Waals surface area contributed by atoms with Gasteiger partial charge in [-0.25, -0.2) is 0 Å². The van der Waals surface area contributed by atoms with Crippen LogP contribution in [0.3, 0.4) is 0 Å². The van der Waals surface area contributed by atoms with Crippen LogP contribution in [0.15, 0.2) is 0 Å². The van der Waals surface area contributed by atoms with Crippen LogP contribution in [0.1, 0.15) is 39.5 Å². The van der Waals surface area contributed by atoms with Crippen molar-refractivity contribution in [3.05, 3.63) is 0 Å². The van der Waals surface area contributed by atoms with Crippen molar-refractivity contribution in [2.45, 2.75) is 57.7 Å². The molecule has 21 heavy (non-hydrogen) atoms. The number of rotatable bonds is 3. The zero-order valence-electron chi connectivity index (χ0n) is 13.0. The van der Waals surface area contributed by atoms with Gasteiger partial charge in [-0.2, -0.15) is 0 Å². The van der Waals surface area contributed by atoms with E-state index in [0.29, 0.717) is 13.2 Å². The van der Waals surface area contributed by atoms with Crippen molar-refractivity contribution in [1.82, 2.24) is 10.2 Å². The summed E-state index contributed by atoms with van der Waals surface area (Å²) >= 11 is 0. The highest BCUT2D eigenvalue weighted by Gasteiger charge is 2.38. The third-order valence-corrected chi connectivity index (χ3v) is 4.28. The minimum absolute atomic E-state index is 0.0226. The second-order valence-corrected chi connectivity index (χ2v) is 6.34. The van der Waals surface area contributed by atoms with Crippen LogP contribution in [-0.4, -0.2) is 54.6 Å². The lowest BCUT2D eigenvalue weighted by Crippen LogP contribution is -2.59. The maximum Gasteiger partial charge on any atom is 0.245 e. The summed E-state index contributed by atoms with van der Waals surface area (Å²) in [5, 5.41) is 2.87. The van der Waals surface area contributed by atoms with E-state index in [1.54, 1.807) is 4.90 Å². The minimum atomic E-state index is -0.525. The maximum atomic E-state index is 12.8. The van der Waals surface area contributed by atoms with E-state index in [0.717, 1.165) is 25.7 Å². The highest BCUT2D eigenvalue weighted by molar-refractivity contribution is 5.89. The Hall–Kier alpha value is -1.14. The molecule has 1 saturated heterocycles. The smallest absolute Gasteiger partial charge is 0.245 e. The molecule has 3 unspecified atom stereocenters. The third kappa shape index (κ3) is 3.95. The summed E-state index contributed by atoms with van der Waals surface area (Å²) in [5.74, 6) is -0.261. The predicted molar refractivity (Wildman–Crippen MR) is 79.5 cm³/mol. The molecule has 120 valence electrons. The molecule has 0 spiro atoms. The van der Waals surface area contributed by atoms with E-state index in [9.17, 15) is 9.59 Å². The number of ether oxygens (including phenoxy) is 1. The van der Waals surface area contributed by atoms with Gasteiger partial charge in [0.05, 0.1) is 19.1 Å². The van der Waals surface area contributed by atoms with Crippen molar-refractivity contribution in [2.24, 2.45) is 11.7 Å². The fourth-order valence-electron chi connectivity index (χ4n) is 3.14.